The van der Waals surface area contributed by atoms with E-state index in [-0.39, 0.29) is 5.82 Å². The van der Waals surface area contributed by atoms with Gasteiger partial charge in [-0.3, -0.25) is 0 Å². The minimum atomic E-state index is -0.198. The van der Waals surface area contributed by atoms with Crippen LogP contribution in [0.1, 0.15) is 5.56 Å². The molecule has 0 radical (unpaired) electrons. The Morgan fingerprint density at radius 2 is 2.31 bits per heavy atom. The Kier molecular flexibility index (Phi) is 3.99. The second-order valence-electron chi connectivity index (χ2n) is 2.53. The molecule has 0 unspecified atom stereocenters. The molecule has 0 aliphatic heterocycles. The maximum Gasteiger partial charge on any atom is 0.131 e. The van der Waals surface area contributed by atoms with E-state index in [1.54, 1.807) is 18.2 Å². The highest BCUT2D eigenvalue weighted by molar-refractivity contribution is 7.98. The fourth-order valence-electron chi connectivity index (χ4n) is 0.965. The molecular formula is C10H12FNS. The zero-order valence-corrected chi connectivity index (χ0v) is 8.27. The predicted octanol–water partition coefficient (Wildman–Crippen LogP) is 2.52. The van der Waals surface area contributed by atoms with Crippen LogP contribution in [0, 0.1) is 5.82 Å². The van der Waals surface area contributed by atoms with E-state index in [4.69, 9.17) is 5.73 Å². The van der Waals surface area contributed by atoms with Crippen molar-refractivity contribution in [3.05, 3.63) is 35.7 Å². The van der Waals surface area contributed by atoms with E-state index in [2.05, 4.69) is 0 Å². The van der Waals surface area contributed by atoms with Gasteiger partial charge in [-0.05, 0) is 18.4 Å². The lowest BCUT2D eigenvalue weighted by Gasteiger charge is -1.99. The average Bonchev–Trinajstić information content (AvgIpc) is 2.16. The number of nitrogens with two attached hydrogens (primary N) is 1. The van der Waals surface area contributed by atoms with Crippen LogP contribution in [0.2, 0.25) is 0 Å². The molecule has 0 aromatic heterocycles. The van der Waals surface area contributed by atoms with Gasteiger partial charge in [0.2, 0.25) is 0 Å². The Balaban J connectivity index is 2.91. The van der Waals surface area contributed by atoms with Crippen molar-refractivity contribution in [1.82, 2.24) is 0 Å². The van der Waals surface area contributed by atoms with E-state index in [0.717, 1.165) is 4.90 Å². The Morgan fingerprint density at radius 3 is 2.85 bits per heavy atom. The zero-order valence-electron chi connectivity index (χ0n) is 7.46. The molecule has 0 amide bonds. The third-order valence-electron chi connectivity index (χ3n) is 1.64. The van der Waals surface area contributed by atoms with Gasteiger partial charge in [-0.15, -0.1) is 11.8 Å². The Morgan fingerprint density at radius 1 is 1.54 bits per heavy atom. The lowest BCUT2D eigenvalue weighted by atomic mass is 10.2. The van der Waals surface area contributed by atoms with E-state index < -0.39 is 0 Å². The number of hydrogen-bond donors (Lipinski definition) is 1. The molecule has 1 nitrogen and oxygen atoms in total. The molecule has 0 atom stereocenters. The Bertz CT molecular complexity index is 310. The van der Waals surface area contributed by atoms with E-state index in [0.29, 0.717) is 12.1 Å². The quantitative estimate of drug-likeness (QED) is 0.753. The molecule has 0 saturated carbocycles. The molecule has 0 bridgehead atoms. The van der Waals surface area contributed by atoms with E-state index in [1.807, 2.05) is 12.3 Å². The van der Waals surface area contributed by atoms with E-state index in [1.165, 1.54) is 17.8 Å². The molecule has 1 rings (SSSR count). The molecule has 0 fully saturated rings. The van der Waals surface area contributed by atoms with Crippen molar-refractivity contribution in [2.24, 2.45) is 5.73 Å². The first kappa shape index (κ1) is 10.3. The van der Waals surface area contributed by atoms with E-state index >= 15 is 0 Å². The topological polar surface area (TPSA) is 26.0 Å². The van der Waals surface area contributed by atoms with Crippen molar-refractivity contribution in [2.45, 2.75) is 4.90 Å². The van der Waals surface area contributed by atoms with Crippen LogP contribution in [0.4, 0.5) is 4.39 Å². The lowest BCUT2D eigenvalue weighted by Crippen LogP contribution is -1.92. The summed E-state index contributed by atoms with van der Waals surface area (Å²) in [5, 5.41) is 0. The summed E-state index contributed by atoms with van der Waals surface area (Å²) in [4.78, 5) is 0.933. The molecule has 3 heteroatoms. The van der Waals surface area contributed by atoms with Crippen molar-refractivity contribution in [3.63, 3.8) is 0 Å². The molecule has 0 aliphatic carbocycles. The Hall–Kier alpha value is -0.800. The van der Waals surface area contributed by atoms with Crippen molar-refractivity contribution in [2.75, 3.05) is 12.8 Å². The zero-order chi connectivity index (χ0) is 9.68. The van der Waals surface area contributed by atoms with Gasteiger partial charge in [-0.1, -0.05) is 18.2 Å². The van der Waals surface area contributed by atoms with Crippen LogP contribution in [0.15, 0.2) is 29.2 Å². The second-order valence-corrected chi connectivity index (χ2v) is 3.41. The van der Waals surface area contributed by atoms with Gasteiger partial charge in [0.25, 0.3) is 0 Å². The third kappa shape index (κ3) is 2.86. The fraction of sp³-hybridized carbons (Fsp3) is 0.200. The smallest absolute Gasteiger partial charge is 0.131 e. The number of hydrogen-bond acceptors (Lipinski definition) is 2. The van der Waals surface area contributed by atoms with Crippen LogP contribution in [-0.2, 0) is 0 Å². The normalized spacial score (nSPS) is 11.0. The van der Waals surface area contributed by atoms with Crippen LogP contribution in [0.5, 0.6) is 0 Å². The van der Waals surface area contributed by atoms with Gasteiger partial charge in [0.1, 0.15) is 5.82 Å². The van der Waals surface area contributed by atoms with Gasteiger partial charge in [-0.2, -0.15) is 0 Å². The molecule has 0 spiro atoms. The van der Waals surface area contributed by atoms with Gasteiger partial charge in [0.15, 0.2) is 0 Å². The SMILES string of the molecule is CSc1ccc(/C=C/CN)c(F)c1. The second kappa shape index (κ2) is 5.04. The van der Waals surface area contributed by atoms with Crippen molar-refractivity contribution in [1.29, 1.82) is 0 Å². The van der Waals surface area contributed by atoms with Crippen LogP contribution in [0.25, 0.3) is 6.08 Å². The average molecular weight is 197 g/mol. The highest BCUT2D eigenvalue weighted by atomic mass is 32.2. The number of thioether (sulfide) groups is 1. The number of benzene rings is 1. The maximum absolute atomic E-state index is 13.3. The van der Waals surface area contributed by atoms with Crippen molar-refractivity contribution >= 4 is 17.8 Å². The monoisotopic (exact) mass is 197 g/mol. The fourth-order valence-corrected chi connectivity index (χ4v) is 1.39. The van der Waals surface area contributed by atoms with Crippen LogP contribution in [-0.4, -0.2) is 12.8 Å². The summed E-state index contributed by atoms with van der Waals surface area (Å²) in [7, 11) is 0. The Labute approximate surface area is 81.8 Å². The summed E-state index contributed by atoms with van der Waals surface area (Å²) in [6.07, 6.45) is 5.35. The summed E-state index contributed by atoms with van der Waals surface area (Å²) in [5.74, 6) is -0.198. The first-order chi connectivity index (χ1) is 6.27. The molecule has 1 aromatic carbocycles. The maximum atomic E-state index is 13.3. The van der Waals surface area contributed by atoms with Gasteiger partial charge >= 0.3 is 0 Å². The molecule has 2 N–H and O–H groups in total. The number of rotatable bonds is 3. The molecule has 0 heterocycles. The van der Waals surface area contributed by atoms with Gasteiger partial charge < -0.3 is 5.73 Å². The van der Waals surface area contributed by atoms with Gasteiger partial charge in [0, 0.05) is 17.0 Å². The van der Waals surface area contributed by atoms with E-state index in [9.17, 15) is 4.39 Å². The summed E-state index contributed by atoms with van der Waals surface area (Å²) >= 11 is 1.53. The first-order valence-electron chi connectivity index (χ1n) is 3.98. The van der Waals surface area contributed by atoms with Crippen molar-refractivity contribution < 1.29 is 4.39 Å². The summed E-state index contributed by atoms with van der Waals surface area (Å²) in [6.45, 7) is 0.434. The molecule has 13 heavy (non-hydrogen) atoms. The van der Waals surface area contributed by atoms with Crippen molar-refractivity contribution in [3.8, 4) is 0 Å². The predicted molar refractivity (Wildman–Crippen MR) is 56.3 cm³/mol. The minimum Gasteiger partial charge on any atom is -0.327 e. The third-order valence-corrected chi connectivity index (χ3v) is 2.37. The lowest BCUT2D eigenvalue weighted by molar-refractivity contribution is 0.621. The van der Waals surface area contributed by atoms with Crippen LogP contribution in [0.3, 0.4) is 0 Å². The summed E-state index contributed by atoms with van der Waals surface area (Å²) in [6, 6.07) is 5.18. The first-order valence-corrected chi connectivity index (χ1v) is 5.20. The highest BCUT2D eigenvalue weighted by Crippen LogP contribution is 2.18. The standard InChI is InChI=1S/C10H12FNS/c1-13-9-5-4-8(3-2-6-12)10(11)7-9/h2-5,7H,6,12H2,1H3/b3-2+. The van der Waals surface area contributed by atoms with Gasteiger partial charge in [-0.25, -0.2) is 4.39 Å². The molecule has 70 valence electrons. The highest BCUT2D eigenvalue weighted by Gasteiger charge is 1.98. The molecule has 1 aromatic rings. The molecule has 0 aliphatic rings. The van der Waals surface area contributed by atoms with Gasteiger partial charge in [0.05, 0.1) is 0 Å². The summed E-state index contributed by atoms with van der Waals surface area (Å²) in [5.41, 5.74) is 5.86. The molecular weight excluding hydrogens is 185 g/mol. The molecule has 0 saturated heterocycles. The van der Waals surface area contributed by atoms with Crippen LogP contribution < -0.4 is 5.73 Å². The summed E-state index contributed by atoms with van der Waals surface area (Å²) < 4.78 is 13.3. The largest absolute Gasteiger partial charge is 0.327 e. The van der Waals surface area contributed by atoms with Crippen LogP contribution >= 0.6 is 11.8 Å². The number of halogens is 1. The minimum absolute atomic E-state index is 0.198.